The van der Waals surface area contributed by atoms with E-state index in [0.29, 0.717) is 10.6 Å². The lowest BCUT2D eigenvalue weighted by Crippen LogP contribution is -2.39. The van der Waals surface area contributed by atoms with Crippen LogP contribution in [0.15, 0.2) is 24.3 Å². The number of carbonyl (C=O) groups is 2. The third kappa shape index (κ3) is 4.24. The maximum atomic E-state index is 11.7. The van der Waals surface area contributed by atoms with E-state index in [1.165, 1.54) is 7.11 Å². The summed E-state index contributed by atoms with van der Waals surface area (Å²) in [7, 11) is 1.26. The molecule has 1 aromatic rings. The lowest BCUT2D eigenvalue weighted by atomic mass is 10.2. The van der Waals surface area contributed by atoms with Gasteiger partial charge in [0.2, 0.25) is 0 Å². The fourth-order valence-electron chi connectivity index (χ4n) is 1.16. The number of halogens is 2. The van der Waals surface area contributed by atoms with Crippen LogP contribution in [0.2, 0.25) is 5.02 Å². The Balaban J connectivity index is 0.00000256. The molecular formula is C11H13Cl2NO3. The first-order chi connectivity index (χ1) is 7.56. The molecule has 1 aromatic carbocycles. The number of carbonyl (C=O) groups excluding carboxylic acids is 2. The van der Waals surface area contributed by atoms with E-state index in [1.807, 2.05) is 0 Å². The molecule has 0 saturated heterocycles. The van der Waals surface area contributed by atoms with Gasteiger partial charge in [-0.25, -0.2) is 4.79 Å². The summed E-state index contributed by atoms with van der Waals surface area (Å²) in [4.78, 5) is 22.8. The van der Waals surface area contributed by atoms with Crippen molar-refractivity contribution in [1.82, 2.24) is 5.32 Å². The minimum Gasteiger partial charge on any atom is -0.467 e. The van der Waals surface area contributed by atoms with Crippen molar-refractivity contribution in [2.45, 2.75) is 13.0 Å². The van der Waals surface area contributed by atoms with Crippen LogP contribution < -0.4 is 5.32 Å². The number of benzene rings is 1. The molecular weight excluding hydrogens is 265 g/mol. The molecule has 0 unspecified atom stereocenters. The van der Waals surface area contributed by atoms with E-state index in [-0.39, 0.29) is 12.4 Å². The highest BCUT2D eigenvalue weighted by molar-refractivity contribution is 6.33. The van der Waals surface area contributed by atoms with E-state index in [9.17, 15) is 9.59 Å². The lowest BCUT2D eigenvalue weighted by Gasteiger charge is -2.11. The Morgan fingerprint density at radius 2 is 1.94 bits per heavy atom. The number of amides is 1. The summed E-state index contributed by atoms with van der Waals surface area (Å²) in [6.45, 7) is 1.54. The van der Waals surface area contributed by atoms with Crippen molar-refractivity contribution in [3.63, 3.8) is 0 Å². The minimum absolute atomic E-state index is 0. The zero-order chi connectivity index (χ0) is 12.1. The van der Waals surface area contributed by atoms with E-state index in [0.717, 1.165) is 0 Å². The molecule has 94 valence electrons. The highest BCUT2D eigenvalue weighted by atomic mass is 35.5. The fourth-order valence-corrected chi connectivity index (χ4v) is 1.38. The molecule has 0 saturated carbocycles. The first-order valence-electron chi connectivity index (χ1n) is 4.69. The van der Waals surface area contributed by atoms with Crippen LogP contribution in [0.25, 0.3) is 0 Å². The second kappa shape index (κ2) is 7.14. The summed E-state index contributed by atoms with van der Waals surface area (Å²) in [6.07, 6.45) is 0. The van der Waals surface area contributed by atoms with Crippen molar-refractivity contribution in [3.8, 4) is 0 Å². The minimum atomic E-state index is -0.700. The Labute approximate surface area is 111 Å². The Kier molecular flexibility index (Phi) is 6.61. The molecule has 1 rings (SSSR count). The Bertz CT molecular complexity index is 409. The van der Waals surface area contributed by atoms with E-state index in [1.54, 1.807) is 31.2 Å². The number of nitrogens with one attached hydrogen (secondary N) is 1. The predicted molar refractivity (Wildman–Crippen MR) is 67.6 cm³/mol. The number of methoxy groups -OCH3 is 1. The molecule has 0 spiro atoms. The molecule has 4 nitrogen and oxygen atoms in total. The topological polar surface area (TPSA) is 55.4 Å². The van der Waals surface area contributed by atoms with Crippen molar-refractivity contribution >= 4 is 35.9 Å². The maximum Gasteiger partial charge on any atom is 0.328 e. The van der Waals surface area contributed by atoms with Crippen molar-refractivity contribution in [3.05, 3.63) is 34.9 Å². The predicted octanol–water partition coefficient (Wildman–Crippen LogP) is 2.05. The summed E-state index contributed by atoms with van der Waals surface area (Å²) < 4.78 is 4.49. The average molecular weight is 278 g/mol. The van der Waals surface area contributed by atoms with Gasteiger partial charge in [-0.1, -0.05) is 23.7 Å². The van der Waals surface area contributed by atoms with Crippen LogP contribution >= 0.6 is 24.0 Å². The normalized spacial score (nSPS) is 11.0. The van der Waals surface area contributed by atoms with Crippen LogP contribution in [0.4, 0.5) is 0 Å². The van der Waals surface area contributed by atoms with Crippen LogP contribution in [-0.4, -0.2) is 25.0 Å². The van der Waals surface area contributed by atoms with Gasteiger partial charge in [0.1, 0.15) is 6.04 Å². The highest BCUT2D eigenvalue weighted by Gasteiger charge is 2.17. The third-order valence-corrected chi connectivity index (χ3v) is 2.35. The van der Waals surface area contributed by atoms with Crippen molar-refractivity contribution in [2.75, 3.05) is 7.11 Å². The molecule has 0 radical (unpaired) electrons. The number of hydrogen-bond acceptors (Lipinski definition) is 3. The molecule has 1 atom stereocenters. The number of rotatable bonds is 3. The molecule has 6 heteroatoms. The smallest absolute Gasteiger partial charge is 0.328 e. The van der Waals surface area contributed by atoms with Crippen molar-refractivity contribution < 1.29 is 14.3 Å². The van der Waals surface area contributed by atoms with Gasteiger partial charge in [-0.05, 0) is 19.1 Å². The van der Waals surface area contributed by atoms with Crippen molar-refractivity contribution in [1.29, 1.82) is 0 Å². The standard InChI is InChI=1S/C11H12ClNO3.ClH/c1-7(11(15)16-2)13-10(14)8-5-3-4-6-9(8)12;/h3-7H,1-2H3,(H,13,14);1H/t7-;/m0./s1. The van der Waals surface area contributed by atoms with Crippen LogP contribution in [-0.2, 0) is 9.53 Å². The third-order valence-electron chi connectivity index (χ3n) is 2.02. The molecule has 0 aliphatic rings. The van der Waals surface area contributed by atoms with Crippen LogP contribution in [0, 0.1) is 0 Å². The van der Waals surface area contributed by atoms with Gasteiger partial charge < -0.3 is 10.1 Å². The van der Waals surface area contributed by atoms with Gasteiger partial charge in [0, 0.05) is 0 Å². The number of ether oxygens (including phenoxy) is 1. The molecule has 0 aliphatic carbocycles. The zero-order valence-corrected chi connectivity index (χ0v) is 11.0. The monoisotopic (exact) mass is 277 g/mol. The van der Waals surface area contributed by atoms with Gasteiger partial charge in [-0.3, -0.25) is 4.79 Å². The summed E-state index contributed by atoms with van der Waals surface area (Å²) in [6, 6.07) is 5.92. The summed E-state index contributed by atoms with van der Waals surface area (Å²) in [5.41, 5.74) is 0.333. The molecule has 0 aliphatic heterocycles. The Morgan fingerprint density at radius 3 is 2.47 bits per heavy atom. The first-order valence-corrected chi connectivity index (χ1v) is 5.07. The summed E-state index contributed by atoms with van der Waals surface area (Å²) in [5.74, 6) is -0.899. The zero-order valence-electron chi connectivity index (χ0n) is 9.40. The van der Waals surface area contributed by atoms with Gasteiger partial charge >= 0.3 is 5.97 Å². The van der Waals surface area contributed by atoms with E-state index < -0.39 is 17.9 Å². The molecule has 1 N–H and O–H groups in total. The van der Waals surface area contributed by atoms with Crippen LogP contribution in [0.3, 0.4) is 0 Å². The molecule has 0 aromatic heterocycles. The second-order valence-corrected chi connectivity index (χ2v) is 3.61. The highest BCUT2D eigenvalue weighted by Crippen LogP contribution is 2.14. The average Bonchev–Trinajstić information content (AvgIpc) is 2.28. The van der Waals surface area contributed by atoms with Crippen molar-refractivity contribution in [2.24, 2.45) is 0 Å². The molecule has 1 amide bonds. The van der Waals surface area contributed by atoms with E-state index in [2.05, 4.69) is 10.1 Å². The van der Waals surface area contributed by atoms with E-state index >= 15 is 0 Å². The van der Waals surface area contributed by atoms with Gasteiger partial charge in [-0.2, -0.15) is 0 Å². The van der Waals surface area contributed by atoms with Crippen LogP contribution in [0.5, 0.6) is 0 Å². The van der Waals surface area contributed by atoms with Gasteiger partial charge in [0.15, 0.2) is 0 Å². The number of esters is 1. The van der Waals surface area contributed by atoms with Gasteiger partial charge in [0.25, 0.3) is 5.91 Å². The Morgan fingerprint density at radius 1 is 1.35 bits per heavy atom. The second-order valence-electron chi connectivity index (χ2n) is 3.20. The van der Waals surface area contributed by atoms with Gasteiger partial charge in [-0.15, -0.1) is 12.4 Å². The molecule has 0 bridgehead atoms. The quantitative estimate of drug-likeness (QED) is 0.861. The molecule has 0 heterocycles. The summed E-state index contributed by atoms with van der Waals surface area (Å²) >= 11 is 5.84. The number of hydrogen-bond donors (Lipinski definition) is 1. The molecule has 17 heavy (non-hydrogen) atoms. The van der Waals surface area contributed by atoms with Crippen LogP contribution in [0.1, 0.15) is 17.3 Å². The largest absolute Gasteiger partial charge is 0.467 e. The fraction of sp³-hybridized carbons (Fsp3) is 0.273. The maximum absolute atomic E-state index is 11.7. The first kappa shape index (κ1) is 15.7. The molecule has 0 fully saturated rings. The van der Waals surface area contributed by atoms with Gasteiger partial charge in [0.05, 0.1) is 17.7 Å². The Hall–Kier alpha value is -1.26. The lowest BCUT2D eigenvalue weighted by molar-refractivity contribution is -0.142. The SMILES string of the molecule is COC(=O)[C@H](C)NC(=O)c1ccccc1Cl.Cl. The van der Waals surface area contributed by atoms with E-state index in [4.69, 9.17) is 11.6 Å². The summed E-state index contributed by atoms with van der Waals surface area (Å²) in [5, 5.41) is 2.83.